The third-order valence-corrected chi connectivity index (χ3v) is 5.87. The van der Waals surface area contributed by atoms with Gasteiger partial charge in [-0.15, -0.1) is 11.3 Å². The summed E-state index contributed by atoms with van der Waals surface area (Å²) in [4.78, 5) is 15.3. The van der Waals surface area contributed by atoms with Gasteiger partial charge in [0.15, 0.2) is 0 Å². The van der Waals surface area contributed by atoms with Crippen molar-refractivity contribution in [1.82, 2.24) is 9.62 Å². The molecule has 3 rings (SSSR count). The first-order valence-electron chi connectivity index (χ1n) is 7.65. The highest BCUT2D eigenvalue weighted by atomic mass is 32.2. The lowest BCUT2D eigenvalue weighted by Gasteiger charge is -2.32. The van der Waals surface area contributed by atoms with Crippen molar-refractivity contribution in [2.45, 2.75) is 12.8 Å². The van der Waals surface area contributed by atoms with Gasteiger partial charge < -0.3 is 4.90 Å². The lowest BCUT2D eigenvalue weighted by molar-refractivity contribution is 0.0681. The van der Waals surface area contributed by atoms with E-state index in [4.69, 9.17) is 0 Å². The highest BCUT2D eigenvalue weighted by molar-refractivity contribution is 7.88. The third kappa shape index (κ3) is 4.10. The highest BCUT2D eigenvalue weighted by Crippen LogP contribution is 2.27. The van der Waals surface area contributed by atoms with Gasteiger partial charge in [0.1, 0.15) is 0 Å². The van der Waals surface area contributed by atoms with Gasteiger partial charge in [-0.05, 0) is 36.3 Å². The first kappa shape index (κ1) is 16.4. The molecule has 0 bridgehead atoms. The fraction of sp³-hybridized carbons (Fsp3) is 0.438. The van der Waals surface area contributed by atoms with E-state index in [0.717, 1.165) is 40.6 Å². The van der Waals surface area contributed by atoms with Crippen LogP contribution in [0.5, 0.6) is 0 Å². The number of piperidine rings is 1. The van der Waals surface area contributed by atoms with Gasteiger partial charge in [0.05, 0.1) is 11.1 Å². The van der Waals surface area contributed by atoms with Crippen molar-refractivity contribution in [3.05, 3.63) is 35.2 Å². The van der Waals surface area contributed by atoms with Crippen LogP contribution in [0.1, 0.15) is 22.5 Å². The maximum Gasteiger partial charge on any atom is 0.263 e. The summed E-state index contributed by atoms with van der Waals surface area (Å²) in [6.07, 6.45) is 3.02. The minimum absolute atomic E-state index is 0.0512. The van der Waals surface area contributed by atoms with Gasteiger partial charge in [-0.25, -0.2) is 13.1 Å². The smallest absolute Gasteiger partial charge is 0.263 e. The number of rotatable bonds is 4. The predicted molar refractivity (Wildman–Crippen MR) is 93.3 cm³/mol. The molecule has 1 saturated heterocycles. The number of likely N-dealkylation sites (tertiary alicyclic amines) is 1. The molecule has 23 heavy (non-hydrogen) atoms. The van der Waals surface area contributed by atoms with E-state index < -0.39 is 10.0 Å². The van der Waals surface area contributed by atoms with Gasteiger partial charge in [-0.1, -0.05) is 18.2 Å². The SMILES string of the molecule is CS(=O)(=O)NC[C@H]1CCCN(C(=O)c2cc3ccccc3s2)C1. The molecule has 0 aliphatic carbocycles. The Morgan fingerprint density at radius 1 is 1.39 bits per heavy atom. The second-order valence-corrected chi connectivity index (χ2v) is 8.95. The Morgan fingerprint density at radius 3 is 2.91 bits per heavy atom. The molecule has 1 N–H and O–H groups in total. The summed E-state index contributed by atoms with van der Waals surface area (Å²) < 4.78 is 26.1. The predicted octanol–water partition coefficient (Wildman–Crippen LogP) is 2.30. The maximum atomic E-state index is 12.7. The topological polar surface area (TPSA) is 66.5 Å². The van der Waals surface area contributed by atoms with Crippen molar-refractivity contribution in [3.8, 4) is 0 Å². The molecule has 0 spiro atoms. The summed E-state index contributed by atoms with van der Waals surface area (Å²) in [6.45, 7) is 1.74. The van der Waals surface area contributed by atoms with Crippen LogP contribution >= 0.6 is 11.3 Å². The molecule has 7 heteroatoms. The number of sulfonamides is 1. The normalized spacial score (nSPS) is 19.2. The second-order valence-electron chi connectivity index (χ2n) is 6.03. The zero-order valence-corrected chi connectivity index (χ0v) is 14.6. The number of hydrogen-bond acceptors (Lipinski definition) is 4. The van der Waals surface area contributed by atoms with Crippen molar-refractivity contribution in [1.29, 1.82) is 0 Å². The Kier molecular flexibility index (Phi) is 4.70. The van der Waals surface area contributed by atoms with Crippen LogP contribution in [0.4, 0.5) is 0 Å². The molecule has 2 aromatic rings. The molecule has 5 nitrogen and oxygen atoms in total. The fourth-order valence-corrected chi connectivity index (χ4v) is 4.50. The summed E-state index contributed by atoms with van der Waals surface area (Å²) in [7, 11) is -3.18. The quantitative estimate of drug-likeness (QED) is 0.918. The van der Waals surface area contributed by atoms with Crippen molar-refractivity contribution >= 4 is 37.4 Å². The molecule has 1 aromatic heterocycles. The van der Waals surface area contributed by atoms with Gasteiger partial charge in [0, 0.05) is 24.3 Å². The number of carbonyl (C=O) groups excluding carboxylic acids is 1. The summed E-state index contributed by atoms with van der Waals surface area (Å²) in [6, 6.07) is 9.92. The molecule has 1 atom stereocenters. The van der Waals surface area contributed by atoms with E-state index in [1.165, 1.54) is 11.3 Å². The van der Waals surface area contributed by atoms with E-state index in [2.05, 4.69) is 4.72 Å². The van der Waals surface area contributed by atoms with Crippen LogP contribution in [0, 0.1) is 5.92 Å². The lowest BCUT2D eigenvalue weighted by atomic mass is 9.98. The van der Waals surface area contributed by atoms with Crippen LogP contribution < -0.4 is 4.72 Å². The first-order chi connectivity index (χ1) is 10.9. The van der Waals surface area contributed by atoms with E-state index in [1.54, 1.807) is 0 Å². The molecular formula is C16H20N2O3S2. The number of nitrogens with one attached hydrogen (secondary N) is 1. The van der Waals surface area contributed by atoms with Crippen LogP contribution in [0.25, 0.3) is 10.1 Å². The summed E-state index contributed by atoms with van der Waals surface area (Å²) in [5.41, 5.74) is 0. The van der Waals surface area contributed by atoms with E-state index in [9.17, 15) is 13.2 Å². The van der Waals surface area contributed by atoms with E-state index >= 15 is 0 Å². The fourth-order valence-electron chi connectivity index (χ4n) is 2.93. The molecule has 0 unspecified atom stereocenters. The maximum absolute atomic E-state index is 12.7. The second kappa shape index (κ2) is 6.59. The van der Waals surface area contributed by atoms with Crippen molar-refractivity contribution in [3.63, 3.8) is 0 Å². The number of nitrogens with zero attached hydrogens (tertiary/aromatic N) is 1. The number of carbonyl (C=O) groups is 1. The molecule has 0 saturated carbocycles. The average Bonchev–Trinajstić information content (AvgIpc) is 2.96. The van der Waals surface area contributed by atoms with Crippen LogP contribution in [0.3, 0.4) is 0 Å². The Balaban J connectivity index is 1.69. The molecular weight excluding hydrogens is 332 g/mol. The Labute approximate surface area is 140 Å². The third-order valence-electron chi connectivity index (χ3n) is 4.08. The van der Waals surface area contributed by atoms with Crippen molar-refractivity contribution in [2.75, 3.05) is 25.9 Å². The monoisotopic (exact) mass is 352 g/mol. The van der Waals surface area contributed by atoms with Crippen molar-refractivity contribution in [2.24, 2.45) is 5.92 Å². The van der Waals surface area contributed by atoms with Gasteiger partial charge in [-0.2, -0.15) is 0 Å². The van der Waals surface area contributed by atoms with Gasteiger partial charge in [0.2, 0.25) is 10.0 Å². The minimum Gasteiger partial charge on any atom is -0.338 e. The van der Waals surface area contributed by atoms with E-state index in [1.807, 2.05) is 35.2 Å². The molecule has 1 aromatic carbocycles. The zero-order valence-electron chi connectivity index (χ0n) is 13.0. The number of thiophene rings is 1. The zero-order chi connectivity index (χ0) is 16.4. The van der Waals surface area contributed by atoms with Gasteiger partial charge in [0.25, 0.3) is 5.91 Å². The van der Waals surface area contributed by atoms with Crippen LogP contribution in [0.2, 0.25) is 0 Å². The lowest BCUT2D eigenvalue weighted by Crippen LogP contribution is -2.43. The number of benzene rings is 1. The highest BCUT2D eigenvalue weighted by Gasteiger charge is 2.26. The molecule has 1 fully saturated rings. The molecule has 2 heterocycles. The van der Waals surface area contributed by atoms with E-state index in [0.29, 0.717) is 13.1 Å². The number of fused-ring (bicyclic) bond motifs is 1. The largest absolute Gasteiger partial charge is 0.338 e. The Morgan fingerprint density at radius 2 is 2.17 bits per heavy atom. The standard InChI is InChI=1S/C16H20N2O3S2/c1-23(20,21)17-10-12-5-4-8-18(11-12)16(19)15-9-13-6-2-3-7-14(13)22-15/h2-3,6-7,9,12,17H,4-5,8,10-11H2,1H3/t12-/m1/s1. The van der Waals surface area contributed by atoms with E-state index in [-0.39, 0.29) is 11.8 Å². The molecule has 0 radical (unpaired) electrons. The Bertz CT molecular complexity index is 781. The van der Waals surface area contributed by atoms with Crippen molar-refractivity contribution < 1.29 is 13.2 Å². The molecule has 1 aliphatic heterocycles. The van der Waals surface area contributed by atoms with Crippen LogP contribution in [-0.4, -0.2) is 45.1 Å². The summed E-state index contributed by atoms with van der Waals surface area (Å²) in [5, 5.41) is 1.09. The van der Waals surface area contributed by atoms with Gasteiger partial charge >= 0.3 is 0 Å². The summed E-state index contributed by atoms with van der Waals surface area (Å²) >= 11 is 1.52. The average molecular weight is 352 g/mol. The van der Waals surface area contributed by atoms with Crippen LogP contribution in [-0.2, 0) is 10.0 Å². The molecule has 1 aliphatic rings. The number of hydrogen-bond donors (Lipinski definition) is 1. The first-order valence-corrected chi connectivity index (χ1v) is 10.4. The summed E-state index contributed by atoms with van der Waals surface area (Å²) in [5.74, 6) is 0.229. The Hall–Kier alpha value is -1.44. The minimum atomic E-state index is -3.18. The number of amides is 1. The van der Waals surface area contributed by atoms with Gasteiger partial charge in [-0.3, -0.25) is 4.79 Å². The molecule has 124 valence electrons. The molecule has 1 amide bonds. The van der Waals surface area contributed by atoms with Crippen LogP contribution in [0.15, 0.2) is 30.3 Å².